The summed E-state index contributed by atoms with van der Waals surface area (Å²) in [5.41, 5.74) is 5.82. The van der Waals surface area contributed by atoms with Gasteiger partial charge in [-0.3, -0.25) is 14.9 Å². The van der Waals surface area contributed by atoms with Crippen molar-refractivity contribution in [2.45, 2.75) is 32.2 Å². The molecule has 2 aromatic rings. The SMILES string of the molecule is NCCCCCC(=O)NCc1nc(-c2cccc([N+](=O)[O-])c2)no1. The van der Waals surface area contributed by atoms with Gasteiger partial charge in [-0.25, -0.2) is 0 Å². The molecule has 128 valence electrons. The number of nitro groups is 1. The van der Waals surface area contributed by atoms with Crippen molar-refractivity contribution in [3.8, 4) is 11.4 Å². The number of carbonyl (C=O) groups is 1. The van der Waals surface area contributed by atoms with Crippen molar-refractivity contribution in [1.82, 2.24) is 15.5 Å². The van der Waals surface area contributed by atoms with Crippen molar-refractivity contribution in [2.75, 3.05) is 6.54 Å². The summed E-state index contributed by atoms with van der Waals surface area (Å²) in [4.78, 5) is 26.1. The number of non-ortho nitro benzene ring substituents is 1. The van der Waals surface area contributed by atoms with Gasteiger partial charge in [-0.05, 0) is 19.4 Å². The number of nitrogens with two attached hydrogens (primary N) is 1. The molecule has 1 amide bonds. The van der Waals surface area contributed by atoms with Gasteiger partial charge in [0, 0.05) is 24.1 Å². The van der Waals surface area contributed by atoms with E-state index in [0.717, 1.165) is 19.3 Å². The Morgan fingerprint density at radius 3 is 2.92 bits per heavy atom. The van der Waals surface area contributed by atoms with Gasteiger partial charge in [0.15, 0.2) is 0 Å². The zero-order valence-electron chi connectivity index (χ0n) is 13.1. The Labute approximate surface area is 138 Å². The third kappa shape index (κ3) is 5.13. The van der Waals surface area contributed by atoms with E-state index < -0.39 is 4.92 Å². The first-order chi connectivity index (χ1) is 11.6. The first kappa shape index (κ1) is 17.5. The zero-order chi connectivity index (χ0) is 17.4. The lowest BCUT2D eigenvalue weighted by atomic mass is 10.2. The lowest BCUT2D eigenvalue weighted by Gasteiger charge is -2.01. The summed E-state index contributed by atoms with van der Waals surface area (Å²) >= 11 is 0. The average molecular weight is 333 g/mol. The average Bonchev–Trinajstić information content (AvgIpc) is 3.06. The molecule has 9 heteroatoms. The smallest absolute Gasteiger partial charge is 0.270 e. The van der Waals surface area contributed by atoms with Gasteiger partial charge in [-0.2, -0.15) is 4.98 Å². The molecule has 0 radical (unpaired) electrons. The second-order valence-electron chi connectivity index (χ2n) is 5.20. The lowest BCUT2D eigenvalue weighted by Crippen LogP contribution is -2.22. The van der Waals surface area contributed by atoms with Crippen LogP contribution in [0.1, 0.15) is 31.6 Å². The van der Waals surface area contributed by atoms with Crippen LogP contribution in [-0.4, -0.2) is 27.5 Å². The number of hydrogen-bond acceptors (Lipinski definition) is 7. The molecule has 0 aliphatic heterocycles. The zero-order valence-corrected chi connectivity index (χ0v) is 13.1. The van der Waals surface area contributed by atoms with Gasteiger partial charge in [-0.1, -0.05) is 23.7 Å². The van der Waals surface area contributed by atoms with Crippen LogP contribution in [0.4, 0.5) is 5.69 Å². The number of nitro benzene ring substituents is 1. The molecule has 0 spiro atoms. The summed E-state index contributed by atoms with van der Waals surface area (Å²) in [6, 6.07) is 5.95. The van der Waals surface area contributed by atoms with Crippen molar-refractivity contribution < 1.29 is 14.2 Å². The summed E-state index contributed by atoms with van der Waals surface area (Å²) in [6.07, 6.45) is 3.03. The van der Waals surface area contributed by atoms with E-state index in [1.165, 1.54) is 12.1 Å². The highest BCUT2D eigenvalue weighted by Crippen LogP contribution is 2.21. The summed E-state index contributed by atoms with van der Waals surface area (Å²) in [5.74, 6) is 0.389. The van der Waals surface area contributed by atoms with Gasteiger partial charge < -0.3 is 15.6 Å². The number of aromatic nitrogens is 2. The number of nitrogens with zero attached hydrogens (tertiary/aromatic N) is 3. The number of amides is 1. The predicted molar refractivity (Wildman–Crippen MR) is 85.8 cm³/mol. The van der Waals surface area contributed by atoms with Crippen molar-refractivity contribution in [2.24, 2.45) is 5.73 Å². The molecular weight excluding hydrogens is 314 g/mol. The topological polar surface area (TPSA) is 137 Å². The predicted octanol–water partition coefficient (Wildman–Crippen LogP) is 1.78. The van der Waals surface area contributed by atoms with Crippen LogP contribution in [0.2, 0.25) is 0 Å². The Morgan fingerprint density at radius 1 is 1.33 bits per heavy atom. The third-order valence-corrected chi connectivity index (χ3v) is 3.33. The number of benzene rings is 1. The van der Waals surface area contributed by atoms with E-state index >= 15 is 0 Å². The van der Waals surface area contributed by atoms with E-state index in [4.69, 9.17) is 10.3 Å². The van der Waals surface area contributed by atoms with Crippen LogP contribution in [0.15, 0.2) is 28.8 Å². The molecule has 0 aliphatic rings. The van der Waals surface area contributed by atoms with Gasteiger partial charge in [0.05, 0.1) is 11.5 Å². The lowest BCUT2D eigenvalue weighted by molar-refractivity contribution is -0.384. The van der Waals surface area contributed by atoms with Crippen molar-refractivity contribution in [3.05, 3.63) is 40.3 Å². The number of carbonyl (C=O) groups excluding carboxylic acids is 1. The third-order valence-electron chi connectivity index (χ3n) is 3.33. The molecule has 2 rings (SSSR count). The minimum atomic E-state index is -0.491. The van der Waals surface area contributed by atoms with E-state index in [1.807, 2.05) is 0 Å². The van der Waals surface area contributed by atoms with Crippen LogP contribution in [0.3, 0.4) is 0 Å². The molecule has 0 atom stereocenters. The second-order valence-corrected chi connectivity index (χ2v) is 5.20. The number of hydrogen-bond donors (Lipinski definition) is 2. The van der Waals surface area contributed by atoms with Gasteiger partial charge >= 0.3 is 0 Å². The number of rotatable bonds is 9. The monoisotopic (exact) mass is 333 g/mol. The largest absolute Gasteiger partial charge is 0.347 e. The first-order valence-corrected chi connectivity index (χ1v) is 7.64. The van der Waals surface area contributed by atoms with Crippen LogP contribution in [0, 0.1) is 10.1 Å². The van der Waals surface area contributed by atoms with Crippen LogP contribution >= 0.6 is 0 Å². The maximum atomic E-state index is 11.7. The highest BCUT2D eigenvalue weighted by atomic mass is 16.6. The Bertz CT molecular complexity index is 701. The van der Waals surface area contributed by atoms with Crippen LogP contribution in [0.25, 0.3) is 11.4 Å². The standard InChI is InChI=1S/C15H19N5O4/c16-8-3-1-2-7-13(21)17-10-14-18-15(19-24-14)11-5-4-6-12(9-11)20(22)23/h4-6,9H,1-3,7-8,10,16H2,(H,17,21). The minimum Gasteiger partial charge on any atom is -0.347 e. The molecule has 1 aromatic carbocycles. The van der Waals surface area contributed by atoms with E-state index in [2.05, 4.69) is 15.5 Å². The van der Waals surface area contributed by atoms with E-state index in [1.54, 1.807) is 12.1 Å². The molecule has 0 unspecified atom stereocenters. The number of unbranched alkanes of at least 4 members (excludes halogenated alkanes) is 2. The highest BCUT2D eigenvalue weighted by molar-refractivity contribution is 5.75. The molecule has 3 N–H and O–H groups in total. The fourth-order valence-electron chi connectivity index (χ4n) is 2.07. The molecule has 0 saturated carbocycles. The Kier molecular flexibility index (Phi) is 6.38. The van der Waals surface area contributed by atoms with E-state index in [9.17, 15) is 14.9 Å². The van der Waals surface area contributed by atoms with Gasteiger partial charge in [0.2, 0.25) is 17.6 Å². The molecule has 0 bridgehead atoms. The minimum absolute atomic E-state index is 0.0513. The summed E-state index contributed by atoms with van der Waals surface area (Å²) in [5, 5.41) is 17.3. The molecular formula is C15H19N5O4. The summed E-state index contributed by atoms with van der Waals surface area (Å²) < 4.78 is 5.05. The van der Waals surface area contributed by atoms with Crippen molar-refractivity contribution >= 4 is 11.6 Å². The Balaban J connectivity index is 1.88. The molecule has 24 heavy (non-hydrogen) atoms. The van der Waals surface area contributed by atoms with E-state index in [0.29, 0.717) is 18.5 Å². The summed E-state index contributed by atoms with van der Waals surface area (Å²) in [7, 11) is 0. The van der Waals surface area contributed by atoms with Crippen molar-refractivity contribution in [1.29, 1.82) is 0 Å². The first-order valence-electron chi connectivity index (χ1n) is 7.64. The molecule has 9 nitrogen and oxygen atoms in total. The fraction of sp³-hybridized carbons (Fsp3) is 0.400. The highest BCUT2D eigenvalue weighted by Gasteiger charge is 2.13. The van der Waals surface area contributed by atoms with Gasteiger partial charge in [0.25, 0.3) is 5.69 Å². The number of nitrogens with one attached hydrogen (secondary N) is 1. The maximum Gasteiger partial charge on any atom is 0.270 e. The second kappa shape index (κ2) is 8.73. The Morgan fingerprint density at radius 2 is 2.17 bits per heavy atom. The molecule has 0 fully saturated rings. The quantitative estimate of drug-likeness (QED) is 0.405. The molecule has 0 aliphatic carbocycles. The van der Waals surface area contributed by atoms with Gasteiger partial charge in [-0.15, -0.1) is 0 Å². The molecule has 0 saturated heterocycles. The summed E-state index contributed by atoms with van der Waals surface area (Å²) in [6.45, 7) is 0.752. The van der Waals surface area contributed by atoms with Gasteiger partial charge in [0.1, 0.15) is 0 Å². The van der Waals surface area contributed by atoms with Crippen LogP contribution in [0.5, 0.6) is 0 Å². The Hall–Kier alpha value is -2.81. The normalized spacial score (nSPS) is 10.5. The fourth-order valence-corrected chi connectivity index (χ4v) is 2.07. The van der Waals surface area contributed by atoms with Crippen molar-refractivity contribution in [3.63, 3.8) is 0 Å². The van der Waals surface area contributed by atoms with E-state index in [-0.39, 0.29) is 29.9 Å². The molecule has 1 heterocycles. The van der Waals surface area contributed by atoms with Crippen LogP contribution < -0.4 is 11.1 Å². The molecule has 1 aromatic heterocycles. The maximum absolute atomic E-state index is 11.7. The van der Waals surface area contributed by atoms with Crippen LogP contribution in [-0.2, 0) is 11.3 Å².